The number of nitrogens with zero attached hydrogens (tertiary/aromatic N) is 1. The van der Waals surface area contributed by atoms with E-state index in [1.165, 1.54) is 31.8 Å². The Labute approximate surface area is 118 Å². The van der Waals surface area contributed by atoms with Crippen LogP contribution in [0.25, 0.3) is 0 Å². The Morgan fingerprint density at radius 3 is 2.47 bits per heavy atom. The summed E-state index contributed by atoms with van der Waals surface area (Å²) in [7, 11) is 0. The first-order valence-corrected chi connectivity index (χ1v) is 8.33. The van der Waals surface area contributed by atoms with E-state index in [4.69, 9.17) is 0 Å². The van der Waals surface area contributed by atoms with E-state index in [0.717, 1.165) is 5.75 Å². The van der Waals surface area contributed by atoms with Crippen molar-refractivity contribution < 1.29 is 0 Å². The van der Waals surface area contributed by atoms with Crippen LogP contribution in [0, 0.1) is 11.3 Å². The molecular formula is C14H29NS2. The van der Waals surface area contributed by atoms with Gasteiger partial charge in [0.2, 0.25) is 0 Å². The van der Waals surface area contributed by atoms with Crippen molar-refractivity contribution in [3.8, 4) is 0 Å². The van der Waals surface area contributed by atoms with Crippen molar-refractivity contribution in [2.45, 2.75) is 45.8 Å². The highest BCUT2D eigenvalue weighted by Gasteiger charge is 2.28. The van der Waals surface area contributed by atoms with Crippen LogP contribution >= 0.6 is 24.4 Å². The second-order valence-electron chi connectivity index (χ2n) is 6.90. The first-order valence-electron chi connectivity index (χ1n) is 6.72. The van der Waals surface area contributed by atoms with Gasteiger partial charge in [-0.25, -0.2) is 0 Å². The Balaban J connectivity index is 2.51. The first-order chi connectivity index (χ1) is 7.74. The van der Waals surface area contributed by atoms with Gasteiger partial charge in [0.25, 0.3) is 0 Å². The molecule has 0 aromatic heterocycles. The molecule has 0 spiro atoms. The predicted molar refractivity (Wildman–Crippen MR) is 84.4 cm³/mol. The molecule has 17 heavy (non-hydrogen) atoms. The molecular weight excluding hydrogens is 246 g/mol. The molecule has 1 aliphatic rings. The van der Waals surface area contributed by atoms with Gasteiger partial charge in [-0.1, -0.05) is 34.6 Å². The van der Waals surface area contributed by atoms with Gasteiger partial charge in [0.1, 0.15) is 0 Å². The van der Waals surface area contributed by atoms with Crippen molar-refractivity contribution in [2.75, 3.05) is 31.1 Å². The standard InChI is InChI=1S/C14H29NS2/c1-13(2,3)12(11-16)10-15-7-6-14(4,5)17-9-8-15/h12,16H,6-11H2,1-5H3. The zero-order chi connectivity index (χ0) is 13.1. The van der Waals surface area contributed by atoms with Crippen LogP contribution < -0.4 is 0 Å². The van der Waals surface area contributed by atoms with Crippen LogP contribution in [0.5, 0.6) is 0 Å². The van der Waals surface area contributed by atoms with Crippen LogP contribution in [0.3, 0.4) is 0 Å². The molecule has 1 atom stereocenters. The lowest BCUT2D eigenvalue weighted by Gasteiger charge is -2.34. The van der Waals surface area contributed by atoms with Gasteiger partial charge in [-0.3, -0.25) is 0 Å². The number of hydrogen-bond acceptors (Lipinski definition) is 3. The van der Waals surface area contributed by atoms with Crippen molar-refractivity contribution in [1.29, 1.82) is 0 Å². The third kappa shape index (κ3) is 5.44. The fourth-order valence-corrected chi connectivity index (χ4v) is 3.96. The molecule has 1 saturated heterocycles. The molecule has 3 heteroatoms. The third-order valence-electron chi connectivity index (χ3n) is 3.85. The summed E-state index contributed by atoms with van der Waals surface area (Å²) in [6.45, 7) is 15.5. The highest BCUT2D eigenvalue weighted by molar-refractivity contribution is 8.00. The Bertz CT molecular complexity index is 233. The minimum atomic E-state index is 0.372. The Hall–Kier alpha value is 0.660. The van der Waals surface area contributed by atoms with Crippen molar-refractivity contribution >= 4 is 24.4 Å². The summed E-state index contributed by atoms with van der Waals surface area (Å²) in [5.74, 6) is 2.96. The summed E-state index contributed by atoms with van der Waals surface area (Å²) in [6.07, 6.45) is 1.31. The number of rotatable bonds is 3. The van der Waals surface area contributed by atoms with E-state index in [1.807, 2.05) is 0 Å². The maximum absolute atomic E-state index is 4.54. The van der Waals surface area contributed by atoms with Gasteiger partial charge >= 0.3 is 0 Å². The fraction of sp³-hybridized carbons (Fsp3) is 1.00. The maximum atomic E-state index is 4.54. The Morgan fingerprint density at radius 2 is 1.94 bits per heavy atom. The molecule has 0 aliphatic carbocycles. The largest absolute Gasteiger partial charge is 0.302 e. The minimum absolute atomic E-state index is 0.372. The smallest absolute Gasteiger partial charge is 0.0116 e. The summed E-state index contributed by atoms with van der Waals surface area (Å²) in [6, 6.07) is 0. The van der Waals surface area contributed by atoms with E-state index in [-0.39, 0.29) is 0 Å². The minimum Gasteiger partial charge on any atom is -0.302 e. The van der Waals surface area contributed by atoms with Crippen LogP contribution in [0.2, 0.25) is 0 Å². The summed E-state index contributed by atoms with van der Waals surface area (Å²) >= 11 is 6.66. The monoisotopic (exact) mass is 275 g/mol. The normalized spacial score (nSPS) is 24.4. The summed E-state index contributed by atoms with van der Waals surface area (Å²) in [5, 5.41) is 0. The molecule has 1 nitrogen and oxygen atoms in total. The van der Waals surface area contributed by atoms with Gasteiger partial charge in [0.05, 0.1) is 0 Å². The van der Waals surface area contributed by atoms with Crippen molar-refractivity contribution in [3.05, 3.63) is 0 Å². The van der Waals surface area contributed by atoms with E-state index in [0.29, 0.717) is 16.1 Å². The number of hydrogen-bond donors (Lipinski definition) is 1. The lowest BCUT2D eigenvalue weighted by molar-refractivity contribution is 0.169. The fourth-order valence-electron chi connectivity index (χ4n) is 2.16. The molecule has 0 radical (unpaired) electrons. The van der Waals surface area contributed by atoms with E-state index in [1.54, 1.807) is 0 Å². The van der Waals surface area contributed by atoms with E-state index >= 15 is 0 Å². The second-order valence-corrected chi connectivity index (χ2v) is 9.07. The van der Waals surface area contributed by atoms with Gasteiger partial charge in [0, 0.05) is 23.6 Å². The molecule has 0 saturated carbocycles. The SMILES string of the molecule is CC1(C)CCN(CC(CS)C(C)(C)C)CCS1. The number of thiol groups is 1. The molecule has 0 N–H and O–H groups in total. The Kier molecular flexibility index (Phi) is 5.74. The van der Waals surface area contributed by atoms with Gasteiger partial charge in [-0.05, 0) is 30.1 Å². The van der Waals surface area contributed by atoms with Gasteiger partial charge in [-0.15, -0.1) is 0 Å². The van der Waals surface area contributed by atoms with Crippen LogP contribution in [-0.4, -0.2) is 40.8 Å². The number of thioether (sulfide) groups is 1. The molecule has 1 heterocycles. The summed E-state index contributed by atoms with van der Waals surface area (Å²) in [4.78, 5) is 2.65. The molecule has 1 rings (SSSR count). The van der Waals surface area contributed by atoms with Crippen LogP contribution in [0.15, 0.2) is 0 Å². The molecule has 0 amide bonds. The van der Waals surface area contributed by atoms with E-state index < -0.39 is 0 Å². The maximum Gasteiger partial charge on any atom is 0.0116 e. The lowest BCUT2D eigenvalue weighted by atomic mass is 9.81. The molecule has 0 aromatic rings. The second kappa shape index (κ2) is 6.21. The zero-order valence-electron chi connectivity index (χ0n) is 12.1. The molecule has 102 valence electrons. The average Bonchev–Trinajstić information content (AvgIpc) is 2.34. The first kappa shape index (κ1) is 15.7. The van der Waals surface area contributed by atoms with Gasteiger partial charge < -0.3 is 4.90 Å². The molecule has 1 unspecified atom stereocenters. The zero-order valence-corrected chi connectivity index (χ0v) is 13.8. The Morgan fingerprint density at radius 1 is 1.29 bits per heavy atom. The third-order valence-corrected chi connectivity index (χ3v) is 5.67. The summed E-state index contributed by atoms with van der Waals surface area (Å²) in [5.41, 5.74) is 0.372. The van der Waals surface area contributed by atoms with Crippen LogP contribution in [0.1, 0.15) is 41.0 Å². The van der Waals surface area contributed by atoms with Crippen molar-refractivity contribution in [1.82, 2.24) is 4.90 Å². The highest BCUT2D eigenvalue weighted by atomic mass is 32.2. The van der Waals surface area contributed by atoms with Crippen LogP contribution in [0.4, 0.5) is 0 Å². The van der Waals surface area contributed by atoms with E-state index in [2.05, 4.69) is 63.9 Å². The lowest BCUT2D eigenvalue weighted by Crippen LogP contribution is -2.38. The van der Waals surface area contributed by atoms with E-state index in [9.17, 15) is 0 Å². The molecule has 1 fully saturated rings. The van der Waals surface area contributed by atoms with Gasteiger partial charge in [-0.2, -0.15) is 24.4 Å². The average molecular weight is 276 g/mol. The predicted octanol–water partition coefficient (Wildman–Crippen LogP) is 3.80. The molecule has 0 bridgehead atoms. The quantitative estimate of drug-likeness (QED) is 0.781. The molecule has 1 aliphatic heterocycles. The molecule has 0 aromatic carbocycles. The van der Waals surface area contributed by atoms with Crippen molar-refractivity contribution in [2.24, 2.45) is 11.3 Å². The highest BCUT2D eigenvalue weighted by Crippen LogP contribution is 2.32. The van der Waals surface area contributed by atoms with Gasteiger partial charge in [0.15, 0.2) is 0 Å². The van der Waals surface area contributed by atoms with Crippen LogP contribution in [-0.2, 0) is 0 Å². The van der Waals surface area contributed by atoms with Crippen molar-refractivity contribution in [3.63, 3.8) is 0 Å². The summed E-state index contributed by atoms with van der Waals surface area (Å²) < 4.78 is 0.465. The topological polar surface area (TPSA) is 3.24 Å².